The van der Waals surface area contributed by atoms with Gasteiger partial charge in [0.1, 0.15) is 11.5 Å². The van der Waals surface area contributed by atoms with Crippen LogP contribution < -0.4 is 5.73 Å². The second-order valence-electron chi connectivity index (χ2n) is 7.52. The van der Waals surface area contributed by atoms with Crippen molar-refractivity contribution in [1.82, 2.24) is 14.9 Å². The molecule has 150 valence electrons. The first-order valence-corrected chi connectivity index (χ1v) is 10.3. The molecule has 0 saturated heterocycles. The Hall–Kier alpha value is -3.15. The third-order valence-corrected chi connectivity index (χ3v) is 5.60. The fraction of sp³-hybridized carbons (Fsp3) is 0.167. The number of rotatable bonds is 4. The van der Waals surface area contributed by atoms with Gasteiger partial charge < -0.3 is 10.2 Å². The number of hydrogen-bond donors (Lipinski definition) is 1. The summed E-state index contributed by atoms with van der Waals surface area (Å²) in [5, 5.41) is 0.722. The summed E-state index contributed by atoms with van der Waals surface area (Å²) >= 11 is 5.97. The van der Waals surface area contributed by atoms with Crippen molar-refractivity contribution in [3.05, 3.63) is 88.9 Å². The minimum absolute atomic E-state index is 0.722. The van der Waals surface area contributed by atoms with Gasteiger partial charge in [-0.05, 0) is 60.7 Å². The maximum absolute atomic E-state index is 6.06. The van der Waals surface area contributed by atoms with E-state index in [1.54, 1.807) is 0 Å². The largest absolute Gasteiger partial charge is 0.460 e. The molecular weight excluding hydrogens is 396 g/mol. The van der Waals surface area contributed by atoms with Gasteiger partial charge in [0.15, 0.2) is 5.82 Å². The molecule has 0 unspecified atom stereocenters. The van der Waals surface area contributed by atoms with Crippen molar-refractivity contribution in [1.29, 1.82) is 0 Å². The van der Waals surface area contributed by atoms with Crippen LogP contribution in [0.25, 0.3) is 22.7 Å². The van der Waals surface area contributed by atoms with E-state index in [0.717, 1.165) is 70.9 Å². The lowest BCUT2D eigenvalue weighted by Gasteiger charge is -2.27. The lowest BCUT2D eigenvalue weighted by molar-refractivity contribution is 0.224. The lowest BCUT2D eigenvalue weighted by atomic mass is 10.1. The maximum atomic E-state index is 6.06. The zero-order valence-electron chi connectivity index (χ0n) is 16.4. The van der Waals surface area contributed by atoms with E-state index >= 15 is 0 Å². The molecule has 1 aliphatic heterocycles. The molecule has 2 aromatic heterocycles. The summed E-state index contributed by atoms with van der Waals surface area (Å²) in [5.74, 6) is 2.55. The first-order chi connectivity index (χ1) is 14.6. The molecule has 0 radical (unpaired) electrons. The van der Waals surface area contributed by atoms with E-state index in [9.17, 15) is 0 Å². The van der Waals surface area contributed by atoms with Crippen LogP contribution >= 0.6 is 11.6 Å². The minimum atomic E-state index is 0.722. The van der Waals surface area contributed by atoms with Crippen molar-refractivity contribution in [3.63, 3.8) is 0 Å². The van der Waals surface area contributed by atoms with Crippen LogP contribution in [0.5, 0.6) is 0 Å². The standard InChI is InChI=1S/C24H21ClN4O/c25-19-5-1-16(2-6-19)23-10-9-21(30-23)15-29-12-11-22-18(14-29)13-27-24(28-22)17-3-7-20(26)8-4-17/h1-10,13H,11-12,14-15,26H2. The monoisotopic (exact) mass is 416 g/mol. The van der Waals surface area contributed by atoms with Gasteiger partial charge in [-0.15, -0.1) is 0 Å². The smallest absolute Gasteiger partial charge is 0.159 e. The molecule has 0 atom stereocenters. The highest BCUT2D eigenvalue weighted by atomic mass is 35.5. The minimum Gasteiger partial charge on any atom is -0.460 e. The van der Waals surface area contributed by atoms with Gasteiger partial charge in [0.25, 0.3) is 0 Å². The number of anilines is 1. The van der Waals surface area contributed by atoms with E-state index in [2.05, 4.69) is 9.88 Å². The number of furan rings is 1. The quantitative estimate of drug-likeness (QED) is 0.463. The lowest BCUT2D eigenvalue weighted by Crippen LogP contribution is -2.30. The summed E-state index contributed by atoms with van der Waals surface area (Å²) in [7, 11) is 0. The predicted octanol–water partition coefficient (Wildman–Crippen LogP) is 5.20. The summed E-state index contributed by atoms with van der Waals surface area (Å²) < 4.78 is 6.06. The van der Waals surface area contributed by atoms with Gasteiger partial charge in [0.05, 0.1) is 12.2 Å². The maximum Gasteiger partial charge on any atom is 0.159 e. The number of hydrogen-bond acceptors (Lipinski definition) is 5. The Morgan fingerprint density at radius 1 is 0.967 bits per heavy atom. The third-order valence-electron chi connectivity index (χ3n) is 5.35. The number of benzene rings is 2. The fourth-order valence-electron chi connectivity index (χ4n) is 3.73. The summed E-state index contributed by atoms with van der Waals surface area (Å²) in [4.78, 5) is 11.7. The molecule has 3 heterocycles. The van der Waals surface area contributed by atoms with Gasteiger partial charge in [0, 0.05) is 53.1 Å². The molecule has 0 saturated carbocycles. The average Bonchev–Trinajstić information content (AvgIpc) is 3.23. The van der Waals surface area contributed by atoms with Crippen LogP contribution in [-0.2, 0) is 19.5 Å². The van der Waals surface area contributed by atoms with Crippen LogP contribution in [0.2, 0.25) is 5.02 Å². The second kappa shape index (κ2) is 7.94. The Bertz CT molecular complexity index is 1170. The van der Waals surface area contributed by atoms with E-state index in [0.29, 0.717) is 0 Å². The van der Waals surface area contributed by atoms with Gasteiger partial charge >= 0.3 is 0 Å². The molecule has 5 nitrogen and oxygen atoms in total. The molecule has 2 N–H and O–H groups in total. The van der Waals surface area contributed by atoms with Crippen LogP contribution in [0.1, 0.15) is 17.0 Å². The van der Waals surface area contributed by atoms with Crippen molar-refractivity contribution in [2.24, 2.45) is 0 Å². The van der Waals surface area contributed by atoms with E-state index in [1.165, 1.54) is 5.56 Å². The van der Waals surface area contributed by atoms with E-state index in [-0.39, 0.29) is 0 Å². The zero-order valence-corrected chi connectivity index (χ0v) is 17.1. The predicted molar refractivity (Wildman–Crippen MR) is 119 cm³/mol. The SMILES string of the molecule is Nc1ccc(-c2ncc3c(n2)CCN(Cc2ccc(-c4ccc(Cl)cc4)o2)C3)cc1. The van der Waals surface area contributed by atoms with Crippen LogP contribution in [-0.4, -0.2) is 21.4 Å². The molecule has 0 spiro atoms. The van der Waals surface area contributed by atoms with E-state index in [1.807, 2.05) is 66.9 Å². The van der Waals surface area contributed by atoms with Gasteiger partial charge in [-0.3, -0.25) is 4.90 Å². The molecule has 5 rings (SSSR count). The van der Waals surface area contributed by atoms with Crippen molar-refractivity contribution < 1.29 is 4.42 Å². The van der Waals surface area contributed by atoms with Crippen molar-refractivity contribution in [2.45, 2.75) is 19.5 Å². The molecule has 0 aliphatic carbocycles. The third kappa shape index (κ3) is 3.95. The normalized spacial score (nSPS) is 13.9. The van der Waals surface area contributed by atoms with Crippen molar-refractivity contribution in [2.75, 3.05) is 12.3 Å². The molecule has 0 fully saturated rings. The van der Waals surface area contributed by atoms with Crippen molar-refractivity contribution in [3.8, 4) is 22.7 Å². The number of nitrogen functional groups attached to an aromatic ring is 1. The van der Waals surface area contributed by atoms with Gasteiger partial charge in [0.2, 0.25) is 0 Å². The molecule has 2 aromatic carbocycles. The fourth-order valence-corrected chi connectivity index (χ4v) is 3.86. The summed E-state index contributed by atoms with van der Waals surface area (Å²) in [6, 6.07) is 19.4. The molecule has 0 bridgehead atoms. The topological polar surface area (TPSA) is 68.2 Å². The molecule has 30 heavy (non-hydrogen) atoms. The number of aromatic nitrogens is 2. The van der Waals surface area contributed by atoms with Gasteiger partial charge in [-0.2, -0.15) is 0 Å². The highest BCUT2D eigenvalue weighted by Crippen LogP contribution is 2.26. The molecule has 4 aromatic rings. The van der Waals surface area contributed by atoms with E-state index < -0.39 is 0 Å². The number of fused-ring (bicyclic) bond motifs is 1. The zero-order chi connectivity index (χ0) is 20.5. The molecule has 0 amide bonds. The first-order valence-electron chi connectivity index (χ1n) is 9.92. The van der Waals surface area contributed by atoms with E-state index in [4.69, 9.17) is 26.7 Å². The van der Waals surface area contributed by atoms with Crippen LogP contribution in [0.15, 0.2) is 71.3 Å². The Morgan fingerprint density at radius 3 is 2.53 bits per heavy atom. The average molecular weight is 417 g/mol. The molecule has 6 heteroatoms. The summed E-state index contributed by atoms with van der Waals surface area (Å²) in [6.07, 6.45) is 2.84. The molecule has 1 aliphatic rings. The Labute approximate surface area is 180 Å². The number of nitrogens with zero attached hydrogens (tertiary/aromatic N) is 3. The Balaban J connectivity index is 1.28. The van der Waals surface area contributed by atoms with Crippen LogP contribution in [0.4, 0.5) is 5.69 Å². The number of halogens is 1. The van der Waals surface area contributed by atoms with Crippen molar-refractivity contribution >= 4 is 17.3 Å². The highest BCUT2D eigenvalue weighted by Gasteiger charge is 2.20. The summed E-state index contributed by atoms with van der Waals surface area (Å²) in [6.45, 7) is 2.50. The second-order valence-corrected chi connectivity index (χ2v) is 7.96. The van der Waals surface area contributed by atoms with Crippen LogP contribution in [0.3, 0.4) is 0 Å². The Kier molecular flexibility index (Phi) is 4.99. The van der Waals surface area contributed by atoms with Gasteiger partial charge in [-0.25, -0.2) is 9.97 Å². The first kappa shape index (κ1) is 18.9. The summed E-state index contributed by atoms with van der Waals surface area (Å²) in [5.41, 5.74) is 10.8. The van der Waals surface area contributed by atoms with Gasteiger partial charge in [-0.1, -0.05) is 11.6 Å². The number of nitrogens with two attached hydrogens (primary N) is 1. The highest BCUT2D eigenvalue weighted by molar-refractivity contribution is 6.30. The van der Waals surface area contributed by atoms with Crippen LogP contribution in [0, 0.1) is 0 Å². The molecular formula is C24H21ClN4O. The Morgan fingerprint density at radius 2 is 1.73 bits per heavy atom.